The second kappa shape index (κ2) is 5.88. The summed E-state index contributed by atoms with van der Waals surface area (Å²) in [5, 5.41) is 11.7. The van der Waals surface area contributed by atoms with Gasteiger partial charge in [-0.25, -0.2) is 0 Å². The average Bonchev–Trinajstić information content (AvgIpc) is 2.46. The van der Waals surface area contributed by atoms with E-state index in [1.54, 1.807) is 12.1 Å². The second-order valence-corrected chi connectivity index (χ2v) is 4.55. The van der Waals surface area contributed by atoms with Crippen LogP contribution in [0.15, 0.2) is 42.5 Å². The number of halogens is 3. The van der Waals surface area contributed by atoms with Crippen LogP contribution >= 0.6 is 0 Å². The van der Waals surface area contributed by atoms with E-state index in [4.69, 9.17) is 5.26 Å². The predicted molar refractivity (Wildman–Crippen MR) is 75.3 cm³/mol. The van der Waals surface area contributed by atoms with E-state index in [1.807, 2.05) is 25.1 Å². The van der Waals surface area contributed by atoms with Gasteiger partial charge in [-0.15, -0.1) is 0 Å². The van der Waals surface area contributed by atoms with Crippen LogP contribution in [0.3, 0.4) is 0 Å². The van der Waals surface area contributed by atoms with Gasteiger partial charge >= 0.3 is 6.18 Å². The smallest absolute Gasteiger partial charge is 0.356 e. The number of anilines is 2. The molecule has 0 saturated heterocycles. The number of nitriles is 1. The number of aryl methyl sites for hydroxylation is 1. The van der Waals surface area contributed by atoms with Gasteiger partial charge in [-0.3, -0.25) is 0 Å². The van der Waals surface area contributed by atoms with Crippen LogP contribution in [0.1, 0.15) is 23.6 Å². The Morgan fingerprint density at radius 3 is 2.43 bits per heavy atom. The van der Waals surface area contributed by atoms with E-state index in [0.717, 1.165) is 18.1 Å². The summed E-state index contributed by atoms with van der Waals surface area (Å²) in [6.45, 7) is 2.00. The Morgan fingerprint density at radius 1 is 1.10 bits per heavy atom. The van der Waals surface area contributed by atoms with Gasteiger partial charge in [-0.2, -0.15) is 18.4 Å². The monoisotopic (exact) mass is 290 g/mol. The first kappa shape index (κ1) is 14.9. The molecule has 5 heteroatoms. The quantitative estimate of drug-likeness (QED) is 0.874. The van der Waals surface area contributed by atoms with Crippen molar-refractivity contribution < 1.29 is 13.2 Å². The minimum Gasteiger partial charge on any atom is -0.356 e. The van der Waals surface area contributed by atoms with Crippen molar-refractivity contribution in [3.8, 4) is 6.07 Å². The third-order valence-corrected chi connectivity index (χ3v) is 3.07. The summed E-state index contributed by atoms with van der Waals surface area (Å²) in [5.41, 5.74) is 0.795. The lowest BCUT2D eigenvalue weighted by Gasteiger charge is -2.12. The van der Waals surface area contributed by atoms with Gasteiger partial charge in [-0.05, 0) is 42.3 Å². The maximum absolute atomic E-state index is 12.9. The maximum Gasteiger partial charge on any atom is 0.417 e. The number of hydrogen-bond donors (Lipinski definition) is 1. The van der Waals surface area contributed by atoms with Crippen LogP contribution in [0.4, 0.5) is 24.5 Å². The first-order valence-corrected chi connectivity index (χ1v) is 6.41. The van der Waals surface area contributed by atoms with E-state index in [1.165, 1.54) is 12.1 Å². The first-order valence-electron chi connectivity index (χ1n) is 6.41. The molecule has 2 aromatic carbocycles. The molecule has 2 nitrogen and oxygen atoms in total. The number of nitrogens with zero attached hydrogens (tertiary/aromatic N) is 1. The highest BCUT2D eigenvalue weighted by molar-refractivity contribution is 5.63. The third kappa shape index (κ3) is 3.54. The van der Waals surface area contributed by atoms with Gasteiger partial charge in [0, 0.05) is 11.4 Å². The predicted octanol–water partition coefficient (Wildman–Crippen LogP) is 4.88. The van der Waals surface area contributed by atoms with Gasteiger partial charge in [0.25, 0.3) is 0 Å². The number of benzene rings is 2. The molecule has 1 N–H and O–H groups in total. The molecule has 108 valence electrons. The Bertz CT molecular complexity index is 685. The highest BCUT2D eigenvalue weighted by Gasteiger charge is 2.33. The molecule has 0 radical (unpaired) electrons. The van der Waals surface area contributed by atoms with Crippen LogP contribution in [-0.4, -0.2) is 0 Å². The van der Waals surface area contributed by atoms with Crippen LogP contribution in [0, 0.1) is 11.3 Å². The zero-order valence-electron chi connectivity index (χ0n) is 11.3. The van der Waals surface area contributed by atoms with E-state index < -0.39 is 11.7 Å². The van der Waals surface area contributed by atoms with Gasteiger partial charge in [0.2, 0.25) is 0 Å². The zero-order valence-corrected chi connectivity index (χ0v) is 11.3. The van der Waals surface area contributed by atoms with Crippen molar-refractivity contribution in [2.75, 3.05) is 5.32 Å². The van der Waals surface area contributed by atoms with Crippen molar-refractivity contribution in [2.45, 2.75) is 19.5 Å². The lowest BCUT2D eigenvalue weighted by Crippen LogP contribution is -2.08. The minimum absolute atomic E-state index is 0.301. The molecular weight excluding hydrogens is 277 g/mol. The van der Waals surface area contributed by atoms with E-state index >= 15 is 0 Å². The summed E-state index contributed by atoms with van der Waals surface area (Å²) >= 11 is 0. The Balaban J connectivity index is 2.35. The van der Waals surface area contributed by atoms with Crippen LogP contribution in [0.2, 0.25) is 0 Å². The lowest BCUT2D eigenvalue weighted by molar-refractivity contribution is -0.137. The Labute approximate surface area is 120 Å². The summed E-state index contributed by atoms with van der Waals surface area (Å²) in [6, 6.07) is 12.6. The fraction of sp³-hybridized carbons (Fsp3) is 0.188. The molecule has 0 aliphatic heterocycles. The van der Waals surface area contributed by atoms with Crippen LogP contribution in [-0.2, 0) is 12.6 Å². The number of nitrogens with one attached hydrogen (secondary N) is 1. The van der Waals surface area contributed by atoms with Gasteiger partial charge < -0.3 is 5.32 Å². The van der Waals surface area contributed by atoms with E-state index in [-0.39, 0.29) is 5.56 Å². The third-order valence-electron chi connectivity index (χ3n) is 3.07. The summed E-state index contributed by atoms with van der Waals surface area (Å²) in [4.78, 5) is 0. The van der Waals surface area contributed by atoms with E-state index in [0.29, 0.717) is 11.4 Å². The maximum atomic E-state index is 12.9. The Morgan fingerprint density at radius 2 is 1.81 bits per heavy atom. The molecule has 0 amide bonds. The van der Waals surface area contributed by atoms with Crippen molar-refractivity contribution in [2.24, 2.45) is 0 Å². The zero-order chi connectivity index (χ0) is 15.5. The Hall–Kier alpha value is -2.48. The van der Waals surface area contributed by atoms with Crippen molar-refractivity contribution in [1.82, 2.24) is 0 Å². The first-order chi connectivity index (χ1) is 9.94. The van der Waals surface area contributed by atoms with E-state index in [9.17, 15) is 13.2 Å². The summed E-state index contributed by atoms with van der Waals surface area (Å²) in [7, 11) is 0. The van der Waals surface area contributed by atoms with Crippen LogP contribution in [0.25, 0.3) is 0 Å². The molecule has 2 rings (SSSR count). The van der Waals surface area contributed by atoms with Crippen molar-refractivity contribution in [3.05, 3.63) is 59.2 Å². The SMILES string of the molecule is CCc1cccc(Nc2ccc(C#N)c(C(F)(F)F)c2)c1. The second-order valence-electron chi connectivity index (χ2n) is 4.55. The standard InChI is InChI=1S/C16H13F3N2/c1-2-11-4-3-5-13(8-11)21-14-7-6-12(10-20)15(9-14)16(17,18)19/h3-9,21H,2H2,1H3. The molecule has 2 aromatic rings. The number of hydrogen-bond acceptors (Lipinski definition) is 2. The molecule has 0 atom stereocenters. The molecular formula is C16H13F3N2. The topological polar surface area (TPSA) is 35.8 Å². The molecule has 0 heterocycles. The lowest BCUT2D eigenvalue weighted by atomic mass is 10.1. The van der Waals surface area contributed by atoms with Crippen LogP contribution in [0.5, 0.6) is 0 Å². The summed E-state index contributed by atoms with van der Waals surface area (Å²) < 4.78 is 38.7. The molecule has 0 spiro atoms. The molecule has 21 heavy (non-hydrogen) atoms. The molecule has 0 unspecified atom stereocenters. The normalized spacial score (nSPS) is 11.0. The Kier molecular flexibility index (Phi) is 4.18. The molecule has 0 fully saturated rings. The van der Waals surface area contributed by atoms with Crippen molar-refractivity contribution in [1.29, 1.82) is 5.26 Å². The molecule has 0 saturated carbocycles. The number of rotatable bonds is 3. The summed E-state index contributed by atoms with van der Waals surface area (Å²) in [6.07, 6.45) is -3.70. The fourth-order valence-corrected chi connectivity index (χ4v) is 1.99. The van der Waals surface area contributed by atoms with Crippen molar-refractivity contribution >= 4 is 11.4 Å². The van der Waals surface area contributed by atoms with Gasteiger partial charge in [0.15, 0.2) is 0 Å². The van der Waals surface area contributed by atoms with Gasteiger partial charge in [0.1, 0.15) is 0 Å². The fourth-order valence-electron chi connectivity index (χ4n) is 1.99. The minimum atomic E-state index is -4.55. The van der Waals surface area contributed by atoms with Crippen LogP contribution < -0.4 is 5.32 Å². The molecule has 0 aromatic heterocycles. The van der Waals surface area contributed by atoms with Crippen molar-refractivity contribution in [3.63, 3.8) is 0 Å². The summed E-state index contributed by atoms with van der Waals surface area (Å²) in [5.74, 6) is 0. The molecule has 0 aliphatic carbocycles. The molecule has 0 aliphatic rings. The highest BCUT2D eigenvalue weighted by Crippen LogP contribution is 2.34. The van der Waals surface area contributed by atoms with Gasteiger partial charge in [0.05, 0.1) is 17.2 Å². The van der Waals surface area contributed by atoms with Gasteiger partial charge in [-0.1, -0.05) is 19.1 Å². The average molecular weight is 290 g/mol. The largest absolute Gasteiger partial charge is 0.417 e. The molecule has 0 bridgehead atoms. The number of alkyl halides is 3. The van der Waals surface area contributed by atoms with E-state index in [2.05, 4.69) is 5.32 Å². The highest BCUT2D eigenvalue weighted by atomic mass is 19.4.